The quantitative estimate of drug-likeness (QED) is 0.782. The molecule has 2 atom stereocenters. The van der Waals surface area contributed by atoms with Gasteiger partial charge in [0.15, 0.2) is 0 Å². The normalized spacial score (nSPS) is 26.9. The molecule has 3 heteroatoms. The Morgan fingerprint density at radius 3 is 3.19 bits per heavy atom. The van der Waals surface area contributed by atoms with E-state index in [9.17, 15) is 0 Å². The van der Waals surface area contributed by atoms with E-state index in [0.29, 0.717) is 12.1 Å². The van der Waals surface area contributed by atoms with Gasteiger partial charge in [0.05, 0.1) is 6.10 Å². The minimum Gasteiger partial charge on any atom is -0.416 e. The molecular formula is C13H18BNO. The maximum atomic E-state index is 6.06. The molecular weight excluding hydrogens is 197 g/mol. The molecule has 0 amide bonds. The number of benzene rings is 1. The van der Waals surface area contributed by atoms with Crippen LogP contribution < -0.4 is 5.23 Å². The SMILES string of the molecule is CCCCB1N[C@@H]2c3ccccc3C[C@@H]2O1. The van der Waals surface area contributed by atoms with Crippen LogP contribution in [0, 0.1) is 0 Å². The molecule has 1 aromatic carbocycles. The van der Waals surface area contributed by atoms with Gasteiger partial charge in [0.25, 0.3) is 0 Å². The third-order valence-corrected chi connectivity index (χ3v) is 3.71. The molecule has 0 saturated carbocycles. The smallest absolute Gasteiger partial charge is 0.380 e. The van der Waals surface area contributed by atoms with Gasteiger partial charge < -0.3 is 9.88 Å². The van der Waals surface area contributed by atoms with Gasteiger partial charge in [-0.2, -0.15) is 0 Å². The Morgan fingerprint density at radius 1 is 1.44 bits per heavy atom. The van der Waals surface area contributed by atoms with Crippen LogP contribution in [-0.2, 0) is 11.1 Å². The predicted octanol–water partition coefficient (Wildman–Crippen LogP) is 2.56. The molecule has 1 aliphatic heterocycles. The fourth-order valence-electron chi connectivity index (χ4n) is 2.87. The van der Waals surface area contributed by atoms with E-state index in [2.05, 4.69) is 36.4 Å². The van der Waals surface area contributed by atoms with E-state index < -0.39 is 0 Å². The van der Waals surface area contributed by atoms with Crippen LogP contribution in [0.4, 0.5) is 0 Å². The summed E-state index contributed by atoms with van der Waals surface area (Å²) in [4.78, 5) is 0. The zero-order chi connectivity index (χ0) is 11.0. The van der Waals surface area contributed by atoms with Crippen molar-refractivity contribution >= 4 is 7.05 Å². The molecule has 1 aliphatic carbocycles. The van der Waals surface area contributed by atoms with E-state index in [1.54, 1.807) is 0 Å². The summed E-state index contributed by atoms with van der Waals surface area (Å²) in [6.07, 6.45) is 5.09. The third-order valence-electron chi connectivity index (χ3n) is 3.71. The molecule has 0 spiro atoms. The summed E-state index contributed by atoms with van der Waals surface area (Å²) in [7, 11) is 0.281. The van der Waals surface area contributed by atoms with Crippen LogP contribution in [0.3, 0.4) is 0 Å². The van der Waals surface area contributed by atoms with Crippen molar-refractivity contribution in [2.24, 2.45) is 0 Å². The second kappa shape index (κ2) is 4.23. The number of rotatable bonds is 3. The highest BCUT2D eigenvalue weighted by Crippen LogP contribution is 2.37. The van der Waals surface area contributed by atoms with E-state index in [1.807, 2.05) is 0 Å². The molecule has 0 unspecified atom stereocenters. The summed E-state index contributed by atoms with van der Waals surface area (Å²) in [6, 6.07) is 9.15. The molecule has 1 aromatic rings. The Kier molecular flexibility index (Phi) is 2.74. The van der Waals surface area contributed by atoms with Gasteiger partial charge in [0.2, 0.25) is 0 Å². The molecule has 1 N–H and O–H groups in total. The number of nitrogens with one attached hydrogen (secondary N) is 1. The maximum Gasteiger partial charge on any atom is 0.380 e. The summed E-state index contributed by atoms with van der Waals surface area (Å²) >= 11 is 0. The van der Waals surface area contributed by atoms with Crippen LogP contribution in [0.15, 0.2) is 24.3 Å². The lowest BCUT2D eigenvalue weighted by atomic mass is 9.77. The van der Waals surface area contributed by atoms with Crippen molar-refractivity contribution in [3.8, 4) is 0 Å². The largest absolute Gasteiger partial charge is 0.416 e. The first-order valence-corrected chi connectivity index (χ1v) is 6.38. The second-order valence-corrected chi connectivity index (χ2v) is 4.85. The van der Waals surface area contributed by atoms with E-state index >= 15 is 0 Å². The molecule has 84 valence electrons. The number of unbranched alkanes of at least 4 members (excludes halogenated alkanes) is 1. The van der Waals surface area contributed by atoms with E-state index in [4.69, 9.17) is 4.65 Å². The Labute approximate surface area is 97.5 Å². The zero-order valence-corrected chi connectivity index (χ0v) is 9.78. The lowest BCUT2D eigenvalue weighted by Gasteiger charge is -2.09. The van der Waals surface area contributed by atoms with Crippen molar-refractivity contribution in [2.45, 2.75) is 44.7 Å². The van der Waals surface area contributed by atoms with Gasteiger partial charge in [-0.3, -0.25) is 0 Å². The van der Waals surface area contributed by atoms with Gasteiger partial charge in [0.1, 0.15) is 0 Å². The van der Waals surface area contributed by atoms with Gasteiger partial charge >= 0.3 is 7.05 Å². The van der Waals surface area contributed by atoms with E-state index in [-0.39, 0.29) is 7.05 Å². The Hall–Kier alpha value is -0.795. The van der Waals surface area contributed by atoms with Crippen LogP contribution in [0.2, 0.25) is 6.32 Å². The van der Waals surface area contributed by atoms with E-state index in [1.165, 1.54) is 24.0 Å². The minimum atomic E-state index is 0.281. The standard InChI is InChI=1S/C13H18BNO/c1-2-3-8-14-15-13-11-7-5-4-6-10(11)9-12(13)16-14/h4-7,12-13,15H,2-3,8-9H2,1H3/t12-,13+/m0/s1. The summed E-state index contributed by atoms with van der Waals surface area (Å²) in [5.74, 6) is 0. The van der Waals surface area contributed by atoms with Crippen molar-refractivity contribution in [1.82, 2.24) is 5.23 Å². The Bertz CT molecular complexity index is 382. The van der Waals surface area contributed by atoms with Gasteiger partial charge in [-0.15, -0.1) is 0 Å². The Morgan fingerprint density at radius 2 is 2.31 bits per heavy atom. The van der Waals surface area contributed by atoms with Crippen LogP contribution >= 0.6 is 0 Å². The molecule has 1 saturated heterocycles. The fraction of sp³-hybridized carbons (Fsp3) is 0.538. The van der Waals surface area contributed by atoms with Crippen LogP contribution in [0.25, 0.3) is 0 Å². The molecule has 16 heavy (non-hydrogen) atoms. The minimum absolute atomic E-state index is 0.281. The molecule has 0 bridgehead atoms. The van der Waals surface area contributed by atoms with Gasteiger partial charge in [-0.05, 0) is 23.9 Å². The molecule has 0 aromatic heterocycles. The fourth-order valence-corrected chi connectivity index (χ4v) is 2.87. The third kappa shape index (κ3) is 1.68. The first-order chi connectivity index (χ1) is 7.88. The van der Waals surface area contributed by atoms with Crippen molar-refractivity contribution in [1.29, 1.82) is 0 Å². The van der Waals surface area contributed by atoms with Crippen LogP contribution in [0.5, 0.6) is 0 Å². The van der Waals surface area contributed by atoms with E-state index in [0.717, 1.165) is 12.7 Å². The summed E-state index contributed by atoms with van der Waals surface area (Å²) in [5, 5.41) is 3.62. The van der Waals surface area contributed by atoms with Gasteiger partial charge in [-0.25, -0.2) is 0 Å². The van der Waals surface area contributed by atoms with Crippen LogP contribution in [-0.4, -0.2) is 13.2 Å². The monoisotopic (exact) mass is 215 g/mol. The molecule has 1 fully saturated rings. The van der Waals surface area contributed by atoms with Gasteiger partial charge in [-0.1, -0.05) is 44.0 Å². The first-order valence-electron chi connectivity index (χ1n) is 6.38. The lowest BCUT2D eigenvalue weighted by Crippen LogP contribution is -2.29. The predicted molar refractivity (Wildman–Crippen MR) is 66.4 cm³/mol. The second-order valence-electron chi connectivity index (χ2n) is 4.85. The number of fused-ring (bicyclic) bond motifs is 3. The summed E-state index contributed by atoms with van der Waals surface area (Å²) < 4.78 is 6.06. The zero-order valence-electron chi connectivity index (χ0n) is 9.78. The summed E-state index contributed by atoms with van der Waals surface area (Å²) in [6.45, 7) is 2.23. The highest BCUT2D eigenvalue weighted by atomic mass is 16.5. The average molecular weight is 215 g/mol. The van der Waals surface area contributed by atoms with Crippen molar-refractivity contribution in [2.75, 3.05) is 0 Å². The van der Waals surface area contributed by atoms with Gasteiger partial charge in [0, 0.05) is 6.04 Å². The number of hydrogen-bond acceptors (Lipinski definition) is 2. The molecule has 1 heterocycles. The highest BCUT2D eigenvalue weighted by Gasteiger charge is 2.42. The molecule has 2 nitrogen and oxygen atoms in total. The maximum absolute atomic E-state index is 6.06. The topological polar surface area (TPSA) is 21.3 Å². The first kappa shape index (κ1) is 10.4. The average Bonchev–Trinajstić information content (AvgIpc) is 2.83. The molecule has 2 aliphatic rings. The molecule has 3 rings (SSSR count). The number of hydrogen-bond donors (Lipinski definition) is 1. The van der Waals surface area contributed by atoms with Crippen molar-refractivity contribution in [3.05, 3.63) is 35.4 Å². The Balaban J connectivity index is 1.72. The summed E-state index contributed by atoms with van der Waals surface area (Å²) in [5.41, 5.74) is 2.91. The lowest BCUT2D eigenvalue weighted by molar-refractivity contribution is 0.223. The molecule has 0 radical (unpaired) electrons. The van der Waals surface area contributed by atoms with Crippen molar-refractivity contribution < 1.29 is 4.65 Å². The van der Waals surface area contributed by atoms with Crippen LogP contribution in [0.1, 0.15) is 36.9 Å². The van der Waals surface area contributed by atoms with Crippen molar-refractivity contribution in [3.63, 3.8) is 0 Å². The highest BCUT2D eigenvalue weighted by molar-refractivity contribution is 6.49.